The van der Waals surface area contributed by atoms with E-state index < -0.39 is 0 Å². The third-order valence-corrected chi connectivity index (χ3v) is 10.9. The lowest BCUT2D eigenvalue weighted by Gasteiger charge is -2.49. The maximum atomic E-state index is 14.8. The Kier molecular flexibility index (Phi) is 8.98. The first-order valence-corrected chi connectivity index (χ1v) is 16.3. The second kappa shape index (κ2) is 12.9. The molecule has 3 aromatic rings. The van der Waals surface area contributed by atoms with Crippen molar-refractivity contribution in [3.8, 4) is 0 Å². The van der Waals surface area contributed by atoms with Gasteiger partial charge in [-0.2, -0.15) is 5.10 Å². The van der Waals surface area contributed by atoms with Crippen LogP contribution in [0.2, 0.25) is 5.02 Å². The number of nitrogens with zero attached hydrogens (tertiary/aromatic N) is 5. The fraction of sp³-hybridized carbons (Fsp3) is 0.559. The number of likely N-dealkylation sites (tertiary alicyclic amines) is 2. The number of quaternary nitrogens is 1. The van der Waals surface area contributed by atoms with Gasteiger partial charge in [-0.3, -0.25) is 9.48 Å². The molecule has 0 bridgehead atoms. The predicted octanol–water partition coefficient (Wildman–Crippen LogP) is 5.48. The molecule has 2 saturated heterocycles. The lowest BCUT2D eigenvalue weighted by Crippen LogP contribution is -2.62. The normalized spacial score (nSPS) is 25.4. The van der Waals surface area contributed by atoms with Crippen molar-refractivity contribution in [2.45, 2.75) is 83.0 Å². The zero-order chi connectivity index (χ0) is 29.0. The molecule has 3 heterocycles. The Morgan fingerprint density at radius 1 is 1.00 bits per heavy atom. The van der Waals surface area contributed by atoms with Crippen LogP contribution in [0.1, 0.15) is 62.5 Å². The number of piperidine rings is 1. The third kappa shape index (κ3) is 6.43. The van der Waals surface area contributed by atoms with Gasteiger partial charge < -0.3 is 15.1 Å². The van der Waals surface area contributed by atoms with Crippen LogP contribution in [-0.2, 0) is 24.3 Å². The number of rotatable bonds is 9. The molecule has 3 atom stereocenters. The maximum Gasteiger partial charge on any atom is 0.281 e. The van der Waals surface area contributed by atoms with E-state index in [4.69, 9.17) is 17.3 Å². The smallest absolute Gasteiger partial charge is 0.281 e. The Bertz CT molecular complexity index is 1290. The Balaban J connectivity index is 1.27. The van der Waals surface area contributed by atoms with Crippen LogP contribution in [0.25, 0.3) is 0 Å². The van der Waals surface area contributed by atoms with Crippen molar-refractivity contribution in [2.75, 3.05) is 26.2 Å². The van der Waals surface area contributed by atoms with Crippen molar-refractivity contribution in [3.63, 3.8) is 0 Å². The molecule has 1 saturated carbocycles. The van der Waals surface area contributed by atoms with Gasteiger partial charge in [0, 0.05) is 43.1 Å². The lowest BCUT2D eigenvalue weighted by molar-refractivity contribution is -0.944. The summed E-state index contributed by atoms with van der Waals surface area (Å²) in [5, 5.41) is 5.22. The monoisotopic (exact) mass is 589 g/mol. The molecule has 2 unspecified atom stereocenters. The van der Waals surface area contributed by atoms with Gasteiger partial charge in [0.2, 0.25) is 0 Å². The molecule has 3 aliphatic rings. The summed E-state index contributed by atoms with van der Waals surface area (Å²) in [4.78, 5) is 21.2. The van der Waals surface area contributed by atoms with E-state index in [1.54, 1.807) is 6.33 Å². The van der Waals surface area contributed by atoms with Crippen molar-refractivity contribution in [3.05, 3.63) is 83.4 Å². The van der Waals surface area contributed by atoms with E-state index >= 15 is 0 Å². The molecule has 0 spiro atoms. The molecule has 1 aliphatic carbocycles. The zero-order valence-electron chi connectivity index (χ0n) is 24.8. The highest BCUT2D eigenvalue weighted by molar-refractivity contribution is 6.30. The number of nitrogens with two attached hydrogens (primary N) is 1. The van der Waals surface area contributed by atoms with Crippen LogP contribution in [0.5, 0.6) is 0 Å². The third-order valence-electron chi connectivity index (χ3n) is 10.7. The number of carbonyl (C=O) groups is 1. The number of hydrogen-bond acceptors (Lipinski definition) is 4. The van der Waals surface area contributed by atoms with Gasteiger partial charge in [0.05, 0.1) is 19.1 Å². The molecule has 1 aromatic heterocycles. The number of hydrogen-bond donors (Lipinski definition) is 1. The van der Waals surface area contributed by atoms with E-state index in [2.05, 4.69) is 57.4 Å². The summed E-state index contributed by atoms with van der Waals surface area (Å²) >= 11 is 6.25. The van der Waals surface area contributed by atoms with Gasteiger partial charge in [0.1, 0.15) is 19.2 Å². The largest absolute Gasteiger partial charge is 0.337 e. The van der Waals surface area contributed by atoms with E-state index in [-0.39, 0.29) is 23.4 Å². The molecule has 42 heavy (non-hydrogen) atoms. The highest BCUT2D eigenvalue weighted by Crippen LogP contribution is 2.47. The average molecular weight is 590 g/mol. The highest BCUT2D eigenvalue weighted by Gasteiger charge is 2.50. The summed E-state index contributed by atoms with van der Waals surface area (Å²) in [6.07, 6.45) is 13.7. The minimum atomic E-state index is -0.183. The minimum Gasteiger partial charge on any atom is -0.337 e. The van der Waals surface area contributed by atoms with Crippen LogP contribution in [0.3, 0.4) is 0 Å². The summed E-state index contributed by atoms with van der Waals surface area (Å²) in [5.41, 5.74) is 9.20. The van der Waals surface area contributed by atoms with Gasteiger partial charge in [-0.05, 0) is 54.7 Å². The van der Waals surface area contributed by atoms with E-state index in [1.165, 1.54) is 37.7 Å². The van der Waals surface area contributed by atoms with E-state index in [0.29, 0.717) is 12.3 Å². The fourth-order valence-electron chi connectivity index (χ4n) is 8.35. The molecule has 2 N–H and O–H groups in total. The SMILES string of the molecule is NC1CC[N+](Cc2ccccc2)([C@H](Cc2ccc(Cl)cc2)C(=O)N2CCC(Cn3cncn3)(C3CCCCC3)CC2)C1. The molecular weight excluding hydrogens is 544 g/mol. The summed E-state index contributed by atoms with van der Waals surface area (Å²) < 4.78 is 2.75. The van der Waals surface area contributed by atoms with Crippen molar-refractivity contribution in [1.29, 1.82) is 0 Å². The molecular formula is C34H46ClN6O+. The Labute approximate surface area is 255 Å². The van der Waals surface area contributed by atoms with Crippen LogP contribution >= 0.6 is 11.6 Å². The predicted molar refractivity (Wildman–Crippen MR) is 167 cm³/mol. The maximum absolute atomic E-state index is 14.8. The number of halogens is 1. The molecule has 224 valence electrons. The highest BCUT2D eigenvalue weighted by atomic mass is 35.5. The summed E-state index contributed by atoms with van der Waals surface area (Å²) in [5.74, 6) is 0.971. The van der Waals surface area contributed by atoms with Crippen LogP contribution < -0.4 is 5.73 Å². The summed E-state index contributed by atoms with van der Waals surface area (Å²) in [7, 11) is 0. The van der Waals surface area contributed by atoms with Crippen molar-refractivity contribution in [1.82, 2.24) is 19.7 Å². The van der Waals surface area contributed by atoms with Gasteiger partial charge >= 0.3 is 0 Å². The van der Waals surface area contributed by atoms with Gasteiger partial charge in [0.25, 0.3) is 5.91 Å². The van der Waals surface area contributed by atoms with Gasteiger partial charge in [0.15, 0.2) is 6.04 Å². The lowest BCUT2D eigenvalue weighted by atomic mass is 9.63. The number of benzene rings is 2. The van der Waals surface area contributed by atoms with E-state index in [9.17, 15) is 4.79 Å². The molecule has 8 heteroatoms. The number of aromatic nitrogens is 3. The van der Waals surface area contributed by atoms with Crippen LogP contribution in [0.15, 0.2) is 67.3 Å². The molecule has 3 fully saturated rings. The molecule has 0 radical (unpaired) electrons. The topological polar surface area (TPSA) is 77.0 Å². The van der Waals surface area contributed by atoms with Gasteiger partial charge in [-0.1, -0.05) is 73.3 Å². The van der Waals surface area contributed by atoms with E-state index in [0.717, 1.165) is 73.6 Å². The second-order valence-corrected chi connectivity index (χ2v) is 13.7. The van der Waals surface area contributed by atoms with Crippen LogP contribution in [-0.4, -0.2) is 68.3 Å². The molecule has 7 nitrogen and oxygen atoms in total. The molecule has 2 aromatic carbocycles. The second-order valence-electron chi connectivity index (χ2n) is 13.3. The average Bonchev–Trinajstić information content (AvgIpc) is 3.67. The van der Waals surface area contributed by atoms with E-state index in [1.807, 2.05) is 23.1 Å². The Morgan fingerprint density at radius 3 is 2.38 bits per heavy atom. The van der Waals surface area contributed by atoms with Crippen LogP contribution in [0.4, 0.5) is 0 Å². The first-order chi connectivity index (χ1) is 20.4. The van der Waals surface area contributed by atoms with Crippen molar-refractivity contribution >= 4 is 17.5 Å². The Morgan fingerprint density at radius 2 is 1.74 bits per heavy atom. The standard InChI is InChI=1S/C34H46ClN6O/c35-30-13-11-27(12-14-30)21-32(41(20-15-31(36)23-41)22-28-7-3-1-4-8-28)33(42)39-18-16-34(17-19-39,24-40-26-37-25-38-40)29-9-5-2-6-10-29/h1,3-4,7-8,11-14,25-26,29,31-32H,2,5-6,9-10,15-24,36H2/q+1/t31?,32-,41?/m1/s1. The van der Waals surface area contributed by atoms with Crippen LogP contribution in [0, 0.1) is 11.3 Å². The Hall–Kier alpha value is -2.74. The van der Waals surface area contributed by atoms with Gasteiger partial charge in [-0.15, -0.1) is 0 Å². The zero-order valence-corrected chi connectivity index (χ0v) is 25.5. The fourth-order valence-corrected chi connectivity index (χ4v) is 8.47. The first-order valence-electron chi connectivity index (χ1n) is 16.0. The summed E-state index contributed by atoms with van der Waals surface area (Å²) in [6, 6.07) is 18.6. The molecule has 2 aliphatic heterocycles. The first kappa shape index (κ1) is 29.3. The molecule has 1 amide bonds. The van der Waals surface area contributed by atoms with Gasteiger partial charge in [-0.25, -0.2) is 4.98 Å². The van der Waals surface area contributed by atoms with Crippen molar-refractivity contribution in [2.24, 2.45) is 17.1 Å². The summed E-state index contributed by atoms with van der Waals surface area (Å²) in [6.45, 7) is 5.08. The molecule has 6 rings (SSSR count). The van der Waals surface area contributed by atoms with Crippen molar-refractivity contribution < 1.29 is 9.28 Å². The quantitative estimate of drug-likeness (QED) is 0.335. The number of amides is 1. The number of carbonyl (C=O) groups excluding carboxylic acids is 1. The minimum absolute atomic E-state index is 0.109.